The molecule has 2 bridgehead atoms. The third-order valence-corrected chi connectivity index (χ3v) is 13.5. The second kappa shape index (κ2) is 21.8. The summed E-state index contributed by atoms with van der Waals surface area (Å²) in [5.41, 5.74) is 2.16. The molecule has 2 aliphatic heterocycles. The van der Waals surface area contributed by atoms with Crippen LogP contribution in [0.2, 0.25) is 0 Å². The van der Waals surface area contributed by atoms with E-state index in [0.29, 0.717) is 44.3 Å². The molecule has 11 heteroatoms. The topological polar surface area (TPSA) is 138 Å². The zero-order valence-corrected chi connectivity index (χ0v) is 35.9. The van der Waals surface area contributed by atoms with Crippen LogP contribution in [0.5, 0.6) is 0 Å². The van der Waals surface area contributed by atoms with E-state index in [1.807, 2.05) is 48.9 Å². The molecule has 3 amide bonds. The molecule has 3 N–H and O–H groups in total. The standard InChI is InChI=1S/C45H74N4O7/c1-10-30(5)37(26-48(7)45(54)36(28(2)3)19-20-39(51)42-33-16-12-17-34(24-33)46-42)40(55-8)25-41(52)49-21-13-18-38(49)43(56-9)31(6)44(53)47-35(27-50)23-32-15-11-14-29(4)22-32/h11,14-15,22,28,30-31,33-38,40,42-43,46,50H,10,12-13,16-21,23-27H2,1-9H3,(H,47,53). The van der Waals surface area contributed by atoms with Crippen molar-refractivity contribution in [1.29, 1.82) is 0 Å². The average molecular weight is 783 g/mol. The molecule has 0 aromatic heterocycles. The van der Waals surface area contributed by atoms with Gasteiger partial charge in [0.2, 0.25) is 17.7 Å². The number of aliphatic hydroxyl groups excluding tert-OH is 1. The Kier molecular flexibility index (Phi) is 17.8. The Morgan fingerprint density at radius 1 is 1.05 bits per heavy atom. The summed E-state index contributed by atoms with van der Waals surface area (Å²) in [5.74, 6) is -0.206. The number of hydrogen-bond donors (Lipinski definition) is 3. The van der Waals surface area contributed by atoms with Crippen LogP contribution in [0.4, 0.5) is 0 Å². The predicted molar refractivity (Wildman–Crippen MR) is 220 cm³/mol. The molecule has 1 aliphatic carbocycles. The van der Waals surface area contributed by atoms with Crippen LogP contribution in [0.25, 0.3) is 0 Å². The highest BCUT2D eigenvalue weighted by atomic mass is 16.5. The number of fused-ring (bicyclic) bond motifs is 2. The van der Waals surface area contributed by atoms with Crippen LogP contribution in [0.3, 0.4) is 0 Å². The number of aryl methyl sites for hydroxylation is 1. The number of Topliss-reactive ketones (excluding diaryl/α,β-unsaturated/α-hetero) is 1. The third-order valence-electron chi connectivity index (χ3n) is 13.5. The minimum atomic E-state index is -0.561. The van der Waals surface area contributed by atoms with Gasteiger partial charge in [-0.25, -0.2) is 0 Å². The number of rotatable bonds is 22. The van der Waals surface area contributed by atoms with Gasteiger partial charge in [0.15, 0.2) is 0 Å². The van der Waals surface area contributed by atoms with Crippen molar-refractivity contribution >= 4 is 23.5 Å². The number of aliphatic hydroxyl groups is 1. The lowest BCUT2D eigenvalue weighted by Crippen LogP contribution is -2.52. The number of carbonyl (C=O) groups is 4. The van der Waals surface area contributed by atoms with Crippen molar-refractivity contribution in [3.05, 3.63) is 35.4 Å². The minimum Gasteiger partial charge on any atom is -0.394 e. The lowest BCUT2D eigenvalue weighted by Gasteiger charge is -2.37. The minimum absolute atomic E-state index is 0.0394. The maximum absolute atomic E-state index is 14.2. The molecule has 11 nitrogen and oxygen atoms in total. The summed E-state index contributed by atoms with van der Waals surface area (Å²) >= 11 is 0. The zero-order valence-electron chi connectivity index (χ0n) is 35.9. The van der Waals surface area contributed by atoms with Crippen molar-refractivity contribution in [2.75, 3.05) is 41.0 Å². The fraction of sp³-hybridized carbons (Fsp3) is 0.778. The molecule has 2 saturated heterocycles. The second-order valence-corrected chi connectivity index (χ2v) is 17.7. The number of benzene rings is 1. The Morgan fingerprint density at radius 3 is 2.43 bits per heavy atom. The van der Waals surface area contributed by atoms with E-state index in [0.717, 1.165) is 49.7 Å². The van der Waals surface area contributed by atoms with Gasteiger partial charge < -0.3 is 35.0 Å². The first-order chi connectivity index (χ1) is 26.7. The second-order valence-electron chi connectivity index (χ2n) is 17.7. The van der Waals surface area contributed by atoms with Crippen LogP contribution < -0.4 is 10.6 Å². The molecule has 0 spiro atoms. The van der Waals surface area contributed by atoms with E-state index < -0.39 is 24.2 Å². The molecule has 56 heavy (non-hydrogen) atoms. The van der Waals surface area contributed by atoms with Crippen molar-refractivity contribution in [2.45, 2.75) is 149 Å². The molecular formula is C45H74N4O7. The molecule has 4 rings (SSSR count). The van der Waals surface area contributed by atoms with Gasteiger partial charge in [0, 0.05) is 58.7 Å². The molecule has 0 radical (unpaired) electrons. The Balaban J connectivity index is 1.38. The summed E-state index contributed by atoms with van der Waals surface area (Å²) in [6.07, 6.45) is 7.58. The van der Waals surface area contributed by atoms with Crippen molar-refractivity contribution in [3.8, 4) is 0 Å². The normalized spacial score (nSPS) is 24.6. The number of ketones is 1. The number of ether oxygens (including phenoxy) is 2. The van der Waals surface area contributed by atoms with E-state index in [-0.39, 0.29) is 72.3 Å². The van der Waals surface area contributed by atoms with Gasteiger partial charge in [-0.2, -0.15) is 0 Å². The van der Waals surface area contributed by atoms with Crippen molar-refractivity contribution in [2.24, 2.45) is 35.5 Å². The first-order valence-electron chi connectivity index (χ1n) is 21.6. The van der Waals surface area contributed by atoms with Crippen LogP contribution in [0.15, 0.2) is 24.3 Å². The number of nitrogens with zero attached hydrogens (tertiary/aromatic N) is 2. The number of nitrogens with one attached hydrogen (secondary N) is 2. The Bertz CT molecular complexity index is 1440. The molecule has 1 aromatic rings. The fourth-order valence-corrected chi connectivity index (χ4v) is 9.88. The van der Waals surface area contributed by atoms with Crippen LogP contribution >= 0.6 is 0 Å². The summed E-state index contributed by atoms with van der Waals surface area (Å²) in [6, 6.07) is 7.70. The summed E-state index contributed by atoms with van der Waals surface area (Å²) in [4.78, 5) is 58.9. The van der Waals surface area contributed by atoms with Gasteiger partial charge in [0.1, 0.15) is 5.78 Å². The largest absolute Gasteiger partial charge is 0.394 e. The SMILES string of the molecule is CCC(C)C(CN(C)C(=O)C(CCC(=O)C1NC2CCCC1C2)C(C)C)C(CC(=O)N1CCCC1C(OC)C(C)C(=O)NC(CO)Cc1cccc(C)c1)OC. The molecule has 11 unspecified atom stereocenters. The van der Waals surface area contributed by atoms with Gasteiger partial charge in [-0.1, -0.05) is 77.3 Å². The highest BCUT2D eigenvalue weighted by Gasteiger charge is 2.43. The van der Waals surface area contributed by atoms with Gasteiger partial charge in [0.05, 0.1) is 49.3 Å². The molecular weight excluding hydrogens is 709 g/mol. The molecule has 2 heterocycles. The zero-order chi connectivity index (χ0) is 41.1. The van der Waals surface area contributed by atoms with Crippen molar-refractivity contribution in [3.63, 3.8) is 0 Å². The molecule has 3 aliphatic rings. The fourth-order valence-electron chi connectivity index (χ4n) is 9.88. The maximum Gasteiger partial charge on any atom is 0.225 e. The Morgan fingerprint density at radius 2 is 1.80 bits per heavy atom. The Labute approximate surface area is 337 Å². The van der Waals surface area contributed by atoms with E-state index in [2.05, 4.69) is 44.4 Å². The first kappa shape index (κ1) is 45.8. The molecule has 11 atom stereocenters. The lowest BCUT2D eigenvalue weighted by molar-refractivity contribution is -0.143. The predicted octanol–water partition coefficient (Wildman–Crippen LogP) is 5.33. The third kappa shape index (κ3) is 11.9. The number of carbonyl (C=O) groups excluding carboxylic acids is 4. The van der Waals surface area contributed by atoms with E-state index in [9.17, 15) is 24.3 Å². The number of amides is 3. The van der Waals surface area contributed by atoms with Gasteiger partial charge in [-0.05, 0) is 75.2 Å². The Hall–Kier alpha value is -2.86. The van der Waals surface area contributed by atoms with Gasteiger partial charge in [-0.15, -0.1) is 0 Å². The van der Waals surface area contributed by atoms with Gasteiger partial charge in [-0.3, -0.25) is 19.2 Å². The van der Waals surface area contributed by atoms with Crippen LogP contribution in [-0.2, 0) is 35.1 Å². The van der Waals surface area contributed by atoms with Crippen molar-refractivity contribution < 1.29 is 33.8 Å². The average Bonchev–Trinajstić information content (AvgIpc) is 3.78. The van der Waals surface area contributed by atoms with Crippen molar-refractivity contribution in [1.82, 2.24) is 20.4 Å². The summed E-state index contributed by atoms with van der Waals surface area (Å²) in [6.45, 7) is 13.1. The summed E-state index contributed by atoms with van der Waals surface area (Å²) in [7, 11) is 5.08. The smallest absolute Gasteiger partial charge is 0.225 e. The molecule has 316 valence electrons. The summed E-state index contributed by atoms with van der Waals surface area (Å²) < 4.78 is 12.1. The number of methoxy groups -OCH3 is 2. The first-order valence-corrected chi connectivity index (χ1v) is 21.6. The number of hydrogen-bond acceptors (Lipinski definition) is 8. The quantitative estimate of drug-likeness (QED) is 0.144. The van der Waals surface area contributed by atoms with Crippen LogP contribution in [-0.4, -0.2) is 116 Å². The van der Waals surface area contributed by atoms with Gasteiger partial charge in [0.25, 0.3) is 0 Å². The van der Waals surface area contributed by atoms with Gasteiger partial charge >= 0.3 is 0 Å². The molecule has 3 fully saturated rings. The maximum atomic E-state index is 14.2. The van der Waals surface area contributed by atoms with E-state index in [4.69, 9.17) is 9.47 Å². The highest BCUT2D eigenvalue weighted by Crippen LogP contribution is 2.35. The number of likely N-dealkylation sites (tertiary alicyclic amines) is 1. The lowest BCUT2D eigenvalue weighted by atomic mass is 9.82. The molecule has 1 saturated carbocycles. The summed E-state index contributed by atoms with van der Waals surface area (Å²) in [5, 5.41) is 16.7. The van der Waals surface area contributed by atoms with E-state index in [1.54, 1.807) is 14.2 Å². The molecule has 1 aromatic carbocycles. The van der Waals surface area contributed by atoms with E-state index in [1.165, 1.54) is 6.42 Å². The monoisotopic (exact) mass is 783 g/mol. The van der Waals surface area contributed by atoms with Crippen LogP contribution in [0.1, 0.15) is 110 Å². The highest BCUT2D eigenvalue weighted by molar-refractivity contribution is 5.86. The van der Waals surface area contributed by atoms with E-state index >= 15 is 0 Å². The van der Waals surface area contributed by atoms with Crippen LogP contribution in [0, 0.1) is 42.4 Å².